The highest BCUT2D eigenvalue weighted by atomic mass is 16.4. The number of hydrogen-bond acceptors (Lipinski definition) is 4. The Morgan fingerprint density at radius 2 is 1.93 bits per heavy atom. The van der Waals surface area contributed by atoms with Crippen LogP contribution < -0.4 is 15.9 Å². The third kappa shape index (κ3) is 2.32. The number of rotatable bonds is 3. The van der Waals surface area contributed by atoms with Crippen LogP contribution in [0.25, 0.3) is 0 Å². The predicted octanol–water partition coefficient (Wildman–Crippen LogP) is -2.61. The second kappa shape index (κ2) is 4.10. The highest BCUT2D eigenvalue weighted by molar-refractivity contribution is 5.86. The van der Waals surface area contributed by atoms with E-state index in [-0.39, 0.29) is 5.56 Å². The van der Waals surface area contributed by atoms with Crippen molar-refractivity contribution in [3.05, 3.63) is 34.9 Å². The maximum Gasteiger partial charge on any atom is 0.150 e. The number of carbonyl (C=O) groups excluding carboxylic acids is 2. The Bertz CT molecular complexity index is 414. The zero-order chi connectivity index (χ0) is 11.6. The average Bonchev–Trinajstić information content (AvgIpc) is 2.16. The molecular weight excluding hydrogens is 198 g/mol. The van der Waals surface area contributed by atoms with Crippen LogP contribution in [0.3, 0.4) is 0 Å². The van der Waals surface area contributed by atoms with Gasteiger partial charge in [-0.05, 0) is 24.1 Å². The molecule has 1 atom stereocenters. The minimum atomic E-state index is -1.29. The van der Waals surface area contributed by atoms with Crippen molar-refractivity contribution in [2.75, 3.05) is 0 Å². The molecular formula is C10H10NO4-. The number of aromatic carboxylic acids is 1. The van der Waals surface area contributed by atoms with Crippen molar-refractivity contribution >= 4 is 11.9 Å². The Balaban J connectivity index is 3.13. The van der Waals surface area contributed by atoms with E-state index in [9.17, 15) is 19.8 Å². The molecule has 5 nitrogen and oxygen atoms in total. The molecule has 5 heteroatoms. The lowest BCUT2D eigenvalue weighted by Crippen LogP contribution is -2.61. The van der Waals surface area contributed by atoms with Crippen molar-refractivity contribution in [2.45, 2.75) is 13.0 Å². The van der Waals surface area contributed by atoms with Gasteiger partial charge >= 0.3 is 0 Å². The van der Waals surface area contributed by atoms with Gasteiger partial charge in [-0.1, -0.05) is 12.1 Å². The van der Waals surface area contributed by atoms with Gasteiger partial charge in [0.1, 0.15) is 5.97 Å². The molecule has 1 aromatic rings. The fourth-order valence-corrected chi connectivity index (χ4v) is 1.32. The van der Waals surface area contributed by atoms with E-state index in [0.717, 1.165) is 0 Å². The third-order valence-corrected chi connectivity index (χ3v) is 2.17. The molecule has 0 fully saturated rings. The summed E-state index contributed by atoms with van der Waals surface area (Å²) in [6, 6.07) is 3.05. The van der Waals surface area contributed by atoms with Gasteiger partial charge in [-0.25, -0.2) is 0 Å². The Morgan fingerprint density at radius 1 is 1.33 bits per heavy atom. The zero-order valence-electron chi connectivity index (χ0n) is 8.15. The van der Waals surface area contributed by atoms with Crippen LogP contribution >= 0.6 is 0 Å². The molecule has 0 heterocycles. The van der Waals surface area contributed by atoms with Gasteiger partial charge in [0.25, 0.3) is 0 Å². The summed E-state index contributed by atoms with van der Waals surface area (Å²) < 4.78 is 0. The van der Waals surface area contributed by atoms with Crippen LogP contribution in [0.5, 0.6) is 0 Å². The molecule has 0 saturated heterocycles. The van der Waals surface area contributed by atoms with Gasteiger partial charge in [-0.3, -0.25) is 0 Å². The molecule has 0 aromatic heterocycles. The molecule has 0 spiro atoms. The van der Waals surface area contributed by atoms with Crippen LogP contribution in [-0.2, 0) is 4.79 Å². The summed E-state index contributed by atoms with van der Waals surface area (Å²) in [5, 5.41) is 21.1. The van der Waals surface area contributed by atoms with Crippen LogP contribution in [-0.4, -0.2) is 11.9 Å². The predicted molar refractivity (Wildman–Crippen MR) is 46.1 cm³/mol. The monoisotopic (exact) mass is 208 g/mol. The van der Waals surface area contributed by atoms with E-state index in [1.54, 1.807) is 6.92 Å². The average molecular weight is 208 g/mol. The molecule has 1 aromatic carbocycles. The maximum absolute atomic E-state index is 10.6. The summed E-state index contributed by atoms with van der Waals surface area (Å²) in [5.41, 5.74) is 4.42. The summed E-state index contributed by atoms with van der Waals surface area (Å²) in [7, 11) is 0. The second-order valence-electron chi connectivity index (χ2n) is 3.23. The first-order valence-electron chi connectivity index (χ1n) is 4.29. The van der Waals surface area contributed by atoms with Crippen LogP contribution in [0.2, 0.25) is 0 Å². The molecule has 3 N–H and O–H groups in total. The number of carboxylic acid groups (broad SMARTS) is 2. The largest absolute Gasteiger partial charge is 0.545 e. The number of benzene rings is 1. The van der Waals surface area contributed by atoms with Crippen molar-refractivity contribution in [3.8, 4) is 0 Å². The van der Waals surface area contributed by atoms with E-state index >= 15 is 0 Å². The first-order valence-corrected chi connectivity index (χ1v) is 4.29. The van der Waals surface area contributed by atoms with Crippen LogP contribution in [0, 0.1) is 6.92 Å². The van der Waals surface area contributed by atoms with Crippen molar-refractivity contribution in [2.24, 2.45) is 0 Å². The van der Waals surface area contributed by atoms with Crippen LogP contribution in [0.1, 0.15) is 27.5 Å². The van der Waals surface area contributed by atoms with E-state index in [1.807, 2.05) is 0 Å². The third-order valence-electron chi connectivity index (χ3n) is 2.17. The van der Waals surface area contributed by atoms with E-state index in [0.29, 0.717) is 11.1 Å². The molecule has 80 valence electrons. The van der Waals surface area contributed by atoms with E-state index in [1.165, 1.54) is 18.2 Å². The highest BCUT2D eigenvalue weighted by Crippen LogP contribution is 2.15. The second-order valence-corrected chi connectivity index (χ2v) is 3.23. The molecule has 0 aliphatic carbocycles. The molecule has 1 rings (SSSR count). The molecule has 15 heavy (non-hydrogen) atoms. The molecule has 0 saturated carbocycles. The van der Waals surface area contributed by atoms with Gasteiger partial charge in [0.15, 0.2) is 6.04 Å². The number of quaternary nitrogens is 1. The van der Waals surface area contributed by atoms with Crippen LogP contribution in [0.15, 0.2) is 18.2 Å². The Hall–Kier alpha value is -1.88. The summed E-state index contributed by atoms with van der Waals surface area (Å²) in [6.45, 7) is 1.61. The molecule has 0 radical (unpaired) electrons. The van der Waals surface area contributed by atoms with Gasteiger partial charge in [0, 0.05) is 5.56 Å². The lowest BCUT2D eigenvalue weighted by atomic mass is 9.99. The van der Waals surface area contributed by atoms with Crippen molar-refractivity contribution in [1.29, 1.82) is 0 Å². The Kier molecular flexibility index (Phi) is 3.06. The molecule has 0 amide bonds. The van der Waals surface area contributed by atoms with Gasteiger partial charge in [0.05, 0.1) is 5.97 Å². The number of aliphatic carboxylic acids is 1. The smallest absolute Gasteiger partial charge is 0.150 e. The fourth-order valence-electron chi connectivity index (χ4n) is 1.32. The first kappa shape index (κ1) is 11.2. The topological polar surface area (TPSA) is 108 Å². The summed E-state index contributed by atoms with van der Waals surface area (Å²) in [6.07, 6.45) is 0. The van der Waals surface area contributed by atoms with Crippen molar-refractivity contribution in [3.63, 3.8) is 0 Å². The molecule has 0 bridgehead atoms. The molecule has 0 unspecified atom stereocenters. The highest BCUT2D eigenvalue weighted by Gasteiger charge is 2.13. The lowest BCUT2D eigenvalue weighted by molar-refractivity contribution is -0.443. The zero-order valence-corrected chi connectivity index (χ0v) is 8.15. The Labute approximate surface area is 86.1 Å². The molecule has 0 aliphatic rings. The SMILES string of the molecule is Cc1cc(C(=O)[O-])ccc1[C@H]([NH3+])C(=O)[O-]. The number of carbonyl (C=O) groups is 2. The minimum absolute atomic E-state index is 0.0156. The van der Waals surface area contributed by atoms with Crippen molar-refractivity contribution in [1.82, 2.24) is 0 Å². The lowest BCUT2D eigenvalue weighted by Gasteiger charge is -2.13. The fraction of sp³-hybridized carbons (Fsp3) is 0.200. The van der Waals surface area contributed by atoms with Gasteiger partial charge < -0.3 is 25.5 Å². The first-order chi connectivity index (χ1) is 6.93. The standard InChI is InChI=1S/C10H11NO4/c1-5-4-6(9(12)13)2-3-7(5)8(11)10(14)15/h2-4,8H,11H2,1H3,(H,12,13)(H,14,15)/p-1/t8-/m0/s1. The van der Waals surface area contributed by atoms with Crippen molar-refractivity contribution < 1.29 is 25.5 Å². The molecule has 0 aliphatic heterocycles. The quantitative estimate of drug-likeness (QED) is 0.587. The number of carboxylic acids is 2. The number of hydrogen-bond donors (Lipinski definition) is 1. The van der Waals surface area contributed by atoms with Gasteiger partial charge in [0.2, 0.25) is 0 Å². The van der Waals surface area contributed by atoms with Gasteiger partial charge in [-0.15, -0.1) is 0 Å². The Morgan fingerprint density at radius 3 is 2.33 bits per heavy atom. The van der Waals surface area contributed by atoms with E-state index < -0.39 is 18.0 Å². The van der Waals surface area contributed by atoms with E-state index in [4.69, 9.17) is 0 Å². The maximum atomic E-state index is 10.6. The normalized spacial score (nSPS) is 12.1. The summed E-state index contributed by atoms with van der Waals surface area (Å²) >= 11 is 0. The minimum Gasteiger partial charge on any atom is -0.545 e. The van der Waals surface area contributed by atoms with Gasteiger partial charge in [-0.2, -0.15) is 0 Å². The summed E-state index contributed by atoms with van der Waals surface area (Å²) in [4.78, 5) is 21.1. The van der Waals surface area contributed by atoms with E-state index in [2.05, 4.69) is 5.73 Å². The van der Waals surface area contributed by atoms with Crippen LogP contribution in [0.4, 0.5) is 0 Å². The number of aryl methyl sites for hydroxylation is 1. The summed E-state index contributed by atoms with van der Waals surface area (Å²) in [5.74, 6) is -2.59.